The number of halogens is 1. The summed E-state index contributed by atoms with van der Waals surface area (Å²) in [5.41, 5.74) is 0.669. The van der Waals surface area contributed by atoms with Gasteiger partial charge in [0.05, 0.1) is 12.6 Å². The standard InChI is InChI=1S/C15H16BrNO3/c1-11(18)13-10-12(16)5-6-14(13)20-9-8-17-7-3-2-4-15(17)19/h2-7,10-11,18H,8-9H2,1H3. The Morgan fingerprint density at radius 1 is 1.35 bits per heavy atom. The molecule has 0 aliphatic heterocycles. The van der Waals surface area contributed by atoms with Crippen LogP contribution in [-0.2, 0) is 6.54 Å². The second kappa shape index (κ2) is 6.72. The van der Waals surface area contributed by atoms with Crippen molar-refractivity contribution in [3.8, 4) is 5.75 Å². The molecule has 2 aromatic rings. The fraction of sp³-hybridized carbons (Fsp3) is 0.267. The molecule has 0 spiro atoms. The third-order valence-electron chi connectivity index (χ3n) is 2.91. The molecule has 0 bridgehead atoms. The summed E-state index contributed by atoms with van der Waals surface area (Å²) in [4.78, 5) is 11.5. The number of benzene rings is 1. The molecule has 0 amide bonds. The lowest BCUT2D eigenvalue weighted by molar-refractivity contribution is 0.190. The van der Waals surface area contributed by atoms with E-state index in [-0.39, 0.29) is 5.56 Å². The number of aromatic nitrogens is 1. The first-order valence-corrected chi connectivity index (χ1v) is 7.13. The highest BCUT2D eigenvalue weighted by molar-refractivity contribution is 9.10. The Bertz CT molecular complexity index is 637. The summed E-state index contributed by atoms with van der Waals surface area (Å²) in [6, 6.07) is 10.5. The minimum Gasteiger partial charge on any atom is -0.491 e. The second-order valence-electron chi connectivity index (χ2n) is 4.44. The highest BCUT2D eigenvalue weighted by atomic mass is 79.9. The van der Waals surface area contributed by atoms with E-state index in [1.807, 2.05) is 18.2 Å². The van der Waals surface area contributed by atoms with Crippen LogP contribution in [0.2, 0.25) is 0 Å². The number of aliphatic hydroxyl groups excluding tert-OH is 1. The first-order valence-electron chi connectivity index (χ1n) is 6.33. The highest BCUT2D eigenvalue weighted by Gasteiger charge is 2.09. The number of aliphatic hydroxyl groups is 1. The van der Waals surface area contributed by atoms with Crippen LogP contribution in [0.25, 0.3) is 0 Å². The van der Waals surface area contributed by atoms with Crippen LogP contribution in [0.15, 0.2) is 51.9 Å². The summed E-state index contributed by atoms with van der Waals surface area (Å²) in [6.07, 6.45) is 1.12. The molecular formula is C15H16BrNO3. The molecule has 106 valence electrons. The average Bonchev–Trinajstić information content (AvgIpc) is 2.42. The van der Waals surface area contributed by atoms with Gasteiger partial charge in [0, 0.05) is 22.3 Å². The second-order valence-corrected chi connectivity index (χ2v) is 5.35. The summed E-state index contributed by atoms with van der Waals surface area (Å²) in [6.45, 7) is 2.52. The maximum Gasteiger partial charge on any atom is 0.250 e. The fourth-order valence-electron chi connectivity index (χ4n) is 1.88. The fourth-order valence-corrected chi connectivity index (χ4v) is 2.26. The molecule has 0 fully saturated rings. The zero-order valence-corrected chi connectivity index (χ0v) is 12.7. The van der Waals surface area contributed by atoms with Crippen LogP contribution in [0.5, 0.6) is 5.75 Å². The van der Waals surface area contributed by atoms with Gasteiger partial charge in [-0.3, -0.25) is 4.79 Å². The number of ether oxygens (including phenoxy) is 1. The van der Waals surface area contributed by atoms with Crippen molar-refractivity contribution in [2.75, 3.05) is 6.61 Å². The van der Waals surface area contributed by atoms with Gasteiger partial charge in [0.2, 0.25) is 0 Å². The minimum atomic E-state index is -0.609. The Hall–Kier alpha value is -1.59. The van der Waals surface area contributed by atoms with Crippen LogP contribution in [0, 0.1) is 0 Å². The molecule has 0 saturated carbocycles. The van der Waals surface area contributed by atoms with Crippen LogP contribution in [0.4, 0.5) is 0 Å². The van der Waals surface area contributed by atoms with Crippen molar-refractivity contribution < 1.29 is 9.84 Å². The molecule has 1 aromatic heterocycles. The van der Waals surface area contributed by atoms with Crippen molar-refractivity contribution in [3.05, 3.63) is 63.0 Å². The van der Waals surface area contributed by atoms with Crippen molar-refractivity contribution in [1.82, 2.24) is 4.57 Å². The smallest absolute Gasteiger partial charge is 0.250 e. The zero-order chi connectivity index (χ0) is 14.5. The number of pyridine rings is 1. The van der Waals surface area contributed by atoms with E-state index in [1.165, 1.54) is 6.07 Å². The predicted octanol–water partition coefficient (Wildman–Crippen LogP) is 2.74. The maximum atomic E-state index is 11.5. The molecule has 0 aliphatic carbocycles. The van der Waals surface area contributed by atoms with Crippen LogP contribution in [0.3, 0.4) is 0 Å². The Labute approximate surface area is 125 Å². The van der Waals surface area contributed by atoms with Crippen LogP contribution in [-0.4, -0.2) is 16.3 Å². The number of rotatable bonds is 5. The van der Waals surface area contributed by atoms with Gasteiger partial charge in [-0.25, -0.2) is 0 Å². The van der Waals surface area contributed by atoms with E-state index in [1.54, 1.807) is 29.8 Å². The lowest BCUT2D eigenvalue weighted by atomic mass is 10.1. The van der Waals surface area contributed by atoms with E-state index in [9.17, 15) is 9.90 Å². The minimum absolute atomic E-state index is 0.0531. The topological polar surface area (TPSA) is 51.5 Å². The molecular weight excluding hydrogens is 322 g/mol. The molecule has 1 heterocycles. The van der Waals surface area contributed by atoms with Gasteiger partial charge in [0.15, 0.2) is 0 Å². The van der Waals surface area contributed by atoms with Gasteiger partial charge in [0.25, 0.3) is 5.56 Å². The molecule has 1 unspecified atom stereocenters. The van der Waals surface area contributed by atoms with Crippen molar-refractivity contribution in [2.45, 2.75) is 19.6 Å². The van der Waals surface area contributed by atoms with Gasteiger partial charge in [-0.2, -0.15) is 0 Å². The van der Waals surface area contributed by atoms with E-state index in [0.29, 0.717) is 18.9 Å². The Morgan fingerprint density at radius 2 is 2.15 bits per heavy atom. The maximum absolute atomic E-state index is 11.5. The van der Waals surface area contributed by atoms with Gasteiger partial charge in [0.1, 0.15) is 12.4 Å². The van der Waals surface area contributed by atoms with Crippen LogP contribution < -0.4 is 10.3 Å². The summed E-state index contributed by atoms with van der Waals surface area (Å²) in [5, 5.41) is 9.73. The summed E-state index contributed by atoms with van der Waals surface area (Å²) < 4.78 is 8.14. The molecule has 0 aliphatic rings. The van der Waals surface area contributed by atoms with E-state index in [0.717, 1.165) is 10.0 Å². The van der Waals surface area contributed by atoms with Crippen molar-refractivity contribution in [2.24, 2.45) is 0 Å². The van der Waals surface area contributed by atoms with E-state index >= 15 is 0 Å². The SMILES string of the molecule is CC(O)c1cc(Br)ccc1OCCn1ccccc1=O. The zero-order valence-electron chi connectivity index (χ0n) is 11.1. The lowest BCUT2D eigenvalue weighted by Crippen LogP contribution is -2.21. The van der Waals surface area contributed by atoms with Crippen molar-refractivity contribution in [3.63, 3.8) is 0 Å². The number of hydrogen-bond acceptors (Lipinski definition) is 3. The van der Waals surface area contributed by atoms with Crippen molar-refractivity contribution in [1.29, 1.82) is 0 Å². The van der Waals surface area contributed by atoms with E-state index < -0.39 is 6.10 Å². The summed E-state index contributed by atoms with van der Waals surface area (Å²) >= 11 is 3.37. The summed E-state index contributed by atoms with van der Waals surface area (Å²) in [5.74, 6) is 0.632. The van der Waals surface area contributed by atoms with Gasteiger partial charge >= 0.3 is 0 Å². The molecule has 2 rings (SSSR count). The highest BCUT2D eigenvalue weighted by Crippen LogP contribution is 2.28. The third kappa shape index (κ3) is 3.71. The molecule has 0 saturated heterocycles. The molecule has 1 atom stereocenters. The molecule has 5 heteroatoms. The first kappa shape index (κ1) is 14.8. The van der Waals surface area contributed by atoms with Crippen LogP contribution in [0.1, 0.15) is 18.6 Å². The Balaban J connectivity index is 2.05. The average molecular weight is 338 g/mol. The number of hydrogen-bond donors (Lipinski definition) is 1. The van der Waals surface area contributed by atoms with Gasteiger partial charge < -0.3 is 14.4 Å². The van der Waals surface area contributed by atoms with Crippen LogP contribution >= 0.6 is 15.9 Å². The van der Waals surface area contributed by atoms with Gasteiger partial charge in [-0.15, -0.1) is 0 Å². The van der Waals surface area contributed by atoms with E-state index in [4.69, 9.17) is 4.74 Å². The Kier molecular flexibility index (Phi) is 4.98. The normalized spacial score (nSPS) is 12.2. The van der Waals surface area contributed by atoms with Gasteiger partial charge in [-0.1, -0.05) is 22.0 Å². The molecule has 4 nitrogen and oxygen atoms in total. The predicted molar refractivity (Wildman–Crippen MR) is 81.0 cm³/mol. The first-order chi connectivity index (χ1) is 9.58. The van der Waals surface area contributed by atoms with E-state index in [2.05, 4.69) is 15.9 Å². The molecule has 1 N–H and O–H groups in total. The molecule has 0 radical (unpaired) electrons. The quantitative estimate of drug-likeness (QED) is 0.912. The number of nitrogens with zero attached hydrogens (tertiary/aromatic N) is 1. The molecule has 1 aromatic carbocycles. The Morgan fingerprint density at radius 3 is 2.85 bits per heavy atom. The summed E-state index contributed by atoms with van der Waals surface area (Å²) in [7, 11) is 0. The van der Waals surface area contributed by atoms with Gasteiger partial charge in [-0.05, 0) is 31.2 Å². The lowest BCUT2D eigenvalue weighted by Gasteiger charge is -2.14. The third-order valence-corrected chi connectivity index (χ3v) is 3.40. The van der Waals surface area contributed by atoms with Crippen molar-refractivity contribution >= 4 is 15.9 Å². The monoisotopic (exact) mass is 337 g/mol. The molecule has 20 heavy (non-hydrogen) atoms. The largest absolute Gasteiger partial charge is 0.491 e.